The number of carbonyl (C=O) groups is 3. The zero-order valence-corrected chi connectivity index (χ0v) is 15.3. The Morgan fingerprint density at radius 1 is 1.21 bits per heavy atom. The van der Waals surface area contributed by atoms with E-state index in [2.05, 4.69) is 36.6 Å². The molecule has 130 valence electrons. The number of aliphatic carboxylic acids is 2. The van der Waals surface area contributed by atoms with Crippen LogP contribution in [0.15, 0.2) is 26.7 Å². The van der Waals surface area contributed by atoms with Crippen LogP contribution >= 0.6 is 31.9 Å². The van der Waals surface area contributed by atoms with Crippen molar-refractivity contribution in [3.63, 3.8) is 0 Å². The second-order valence-electron chi connectivity index (χ2n) is 4.55. The number of carboxylic acids is 2. The van der Waals surface area contributed by atoms with E-state index in [1.807, 2.05) is 0 Å². The minimum absolute atomic E-state index is 0.0390. The van der Waals surface area contributed by atoms with Crippen LogP contribution in [-0.4, -0.2) is 45.4 Å². The van der Waals surface area contributed by atoms with Crippen molar-refractivity contribution < 1.29 is 39.5 Å². The molecule has 4 N–H and O–H groups in total. The highest BCUT2D eigenvalue weighted by molar-refractivity contribution is 9.11. The fourth-order valence-electron chi connectivity index (χ4n) is 1.93. The summed E-state index contributed by atoms with van der Waals surface area (Å²) in [4.78, 5) is 34.1. The summed E-state index contributed by atoms with van der Waals surface area (Å²) >= 11 is 6.04. The molecular weight excluding hydrogens is 456 g/mol. The zero-order chi connectivity index (χ0) is 18.6. The predicted octanol–water partition coefficient (Wildman–Crippen LogP) is 2.05. The lowest BCUT2D eigenvalue weighted by molar-refractivity contribution is -0.146. The smallest absolute Gasteiger partial charge is 0.332 e. The molecule has 0 aliphatic carbocycles. The summed E-state index contributed by atoms with van der Waals surface area (Å²) in [7, 11) is 1.04. The maximum Gasteiger partial charge on any atom is 0.332 e. The number of methoxy groups -OCH3 is 1. The molecule has 1 atom stereocenters. The number of carbonyl (C=O) groups excluding carboxylic acids is 1. The van der Waals surface area contributed by atoms with Gasteiger partial charge in [0.15, 0.2) is 11.5 Å². The van der Waals surface area contributed by atoms with Crippen LogP contribution in [0.4, 0.5) is 0 Å². The molecule has 1 rings (SSSR count). The molecule has 1 aromatic carbocycles. The SMILES string of the molecule is COC(=O)[C@@H](Cc1cc(Br)c(O)c(O)c1Br)C(=CC(=O)O)C(=O)O. The van der Waals surface area contributed by atoms with E-state index < -0.39 is 40.9 Å². The van der Waals surface area contributed by atoms with Crippen molar-refractivity contribution in [1.82, 2.24) is 0 Å². The molecule has 0 unspecified atom stereocenters. The lowest BCUT2D eigenvalue weighted by Crippen LogP contribution is -2.26. The first kappa shape index (κ1) is 20.0. The van der Waals surface area contributed by atoms with Gasteiger partial charge in [0, 0.05) is 6.08 Å². The highest BCUT2D eigenvalue weighted by Crippen LogP contribution is 2.42. The zero-order valence-electron chi connectivity index (χ0n) is 12.1. The monoisotopic (exact) mass is 466 g/mol. The Kier molecular flexibility index (Phi) is 6.79. The van der Waals surface area contributed by atoms with Crippen LogP contribution in [-0.2, 0) is 25.5 Å². The maximum atomic E-state index is 11.9. The van der Waals surface area contributed by atoms with Crippen molar-refractivity contribution in [2.45, 2.75) is 6.42 Å². The summed E-state index contributed by atoms with van der Waals surface area (Å²) in [5.41, 5.74) is -0.421. The van der Waals surface area contributed by atoms with E-state index in [1.54, 1.807) is 0 Å². The molecule has 0 aromatic heterocycles. The van der Waals surface area contributed by atoms with Crippen molar-refractivity contribution in [3.05, 3.63) is 32.2 Å². The quantitative estimate of drug-likeness (QED) is 0.283. The summed E-state index contributed by atoms with van der Waals surface area (Å²) in [5.74, 6) is -6.47. The molecule has 0 fully saturated rings. The van der Waals surface area contributed by atoms with Crippen LogP contribution < -0.4 is 0 Å². The molecule has 10 heteroatoms. The lowest BCUT2D eigenvalue weighted by Gasteiger charge is -2.17. The van der Waals surface area contributed by atoms with E-state index in [0.717, 1.165) is 7.11 Å². The number of aromatic hydroxyl groups is 2. The number of halogens is 2. The van der Waals surface area contributed by atoms with Crippen molar-refractivity contribution in [3.8, 4) is 11.5 Å². The standard InChI is InChI=1S/C14H12Br2O8/c1-24-14(23)7(6(13(21)22)4-9(17)18)2-5-3-8(15)11(19)12(20)10(5)16/h3-4,7,19-20H,2H2,1H3,(H,17,18)(H,21,22)/t7-/m0/s1. The fraction of sp³-hybridized carbons (Fsp3) is 0.214. The molecule has 0 saturated carbocycles. The van der Waals surface area contributed by atoms with Gasteiger partial charge in [0.1, 0.15) is 0 Å². The van der Waals surface area contributed by atoms with Gasteiger partial charge in [-0.1, -0.05) is 0 Å². The van der Waals surface area contributed by atoms with Crippen molar-refractivity contribution >= 4 is 49.8 Å². The molecule has 0 spiro atoms. The van der Waals surface area contributed by atoms with Gasteiger partial charge in [0.05, 0.1) is 27.5 Å². The first-order valence-corrected chi connectivity index (χ1v) is 7.83. The van der Waals surface area contributed by atoms with E-state index >= 15 is 0 Å². The molecule has 0 heterocycles. The van der Waals surface area contributed by atoms with Gasteiger partial charge in [0.25, 0.3) is 0 Å². The minimum Gasteiger partial charge on any atom is -0.503 e. The molecule has 24 heavy (non-hydrogen) atoms. The summed E-state index contributed by atoms with van der Waals surface area (Å²) in [6, 6.07) is 1.36. The topological polar surface area (TPSA) is 141 Å². The van der Waals surface area contributed by atoms with Gasteiger partial charge >= 0.3 is 17.9 Å². The third-order valence-electron chi connectivity index (χ3n) is 3.05. The van der Waals surface area contributed by atoms with Crippen LogP contribution in [0.3, 0.4) is 0 Å². The Morgan fingerprint density at radius 3 is 2.25 bits per heavy atom. The lowest BCUT2D eigenvalue weighted by atomic mass is 9.91. The number of esters is 1. The molecule has 1 aromatic rings. The number of benzene rings is 1. The van der Waals surface area contributed by atoms with Gasteiger partial charge in [-0.15, -0.1) is 0 Å². The number of ether oxygens (including phenoxy) is 1. The molecule has 0 aliphatic heterocycles. The van der Waals surface area contributed by atoms with Gasteiger partial charge < -0.3 is 25.2 Å². The third-order valence-corrected chi connectivity index (χ3v) is 4.54. The predicted molar refractivity (Wildman–Crippen MR) is 87.7 cm³/mol. The third kappa shape index (κ3) is 4.48. The van der Waals surface area contributed by atoms with E-state index in [4.69, 9.17) is 5.11 Å². The number of carboxylic acid groups (broad SMARTS) is 2. The first-order chi connectivity index (χ1) is 11.1. The molecule has 0 saturated heterocycles. The van der Waals surface area contributed by atoms with Crippen LogP contribution in [0.1, 0.15) is 5.56 Å². The second-order valence-corrected chi connectivity index (χ2v) is 6.20. The van der Waals surface area contributed by atoms with Gasteiger partial charge in [-0.25, -0.2) is 9.59 Å². The summed E-state index contributed by atoms with van der Waals surface area (Å²) in [5, 5.41) is 37.4. The highest BCUT2D eigenvalue weighted by atomic mass is 79.9. The average Bonchev–Trinajstić information content (AvgIpc) is 2.52. The van der Waals surface area contributed by atoms with Gasteiger partial charge in [-0.3, -0.25) is 4.79 Å². The van der Waals surface area contributed by atoms with Crippen LogP contribution in [0, 0.1) is 5.92 Å². The normalized spacial score (nSPS) is 12.5. The maximum absolute atomic E-state index is 11.9. The average molecular weight is 468 g/mol. The van der Waals surface area contributed by atoms with Crippen molar-refractivity contribution in [1.29, 1.82) is 0 Å². The van der Waals surface area contributed by atoms with E-state index in [0.29, 0.717) is 6.08 Å². The number of hydrogen-bond acceptors (Lipinski definition) is 6. The second kappa shape index (κ2) is 8.15. The van der Waals surface area contributed by atoms with E-state index in [1.165, 1.54) is 6.07 Å². The molecule has 8 nitrogen and oxygen atoms in total. The largest absolute Gasteiger partial charge is 0.503 e. The molecule has 0 aliphatic rings. The van der Waals surface area contributed by atoms with E-state index in [-0.39, 0.29) is 20.9 Å². The Labute approximate surface area is 152 Å². The Bertz CT molecular complexity index is 726. The van der Waals surface area contributed by atoms with Gasteiger partial charge in [-0.2, -0.15) is 0 Å². The number of phenols is 2. The van der Waals surface area contributed by atoms with Crippen LogP contribution in [0.25, 0.3) is 0 Å². The van der Waals surface area contributed by atoms with Crippen LogP contribution in [0.2, 0.25) is 0 Å². The Balaban J connectivity index is 3.43. The highest BCUT2D eigenvalue weighted by Gasteiger charge is 2.31. The molecule has 0 radical (unpaired) electrons. The van der Waals surface area contributed by atoms with Crippen LogP contribution in [0.5, 0.6) is 11.5 Å². The molecule has 0 amide bonds. The van der Waals surface area contributed by atoms with Crippen molar-refractivity contribution in [2.24, 2.45) is 5.92 Å². The number of hydrogen-bond donors (Lipinski definition) is 4. The summed E-state index contributed by atoms with van der Waals surface area (Å²) < 4.78 is 4.70. The minimum atomic E-state index is -1.59. The van der Waals surface area contributed by atoms with Gasteiger partial charge in [0.2, 0.25) is 0 Å². The first-order valence-electron chi connectivity index (χ1n) is 6.24. The molecule has 0 bridgehead atoms. The fourth-order valence-corrected chi connectivity index (χ4v) is 2.86. The number of phenolic OH excluding ortho intramolecular Hbond substituents is 2. The number of rotatable bonds is 6. The van der Waals surface area contributed by atoms with Gasteiger partial charge in [-0.05, 0) is 49.9 Å². The molecular formula is C14H12Br2O8. The summed E-state index contributed by atoms with van der Waals surface area (Å²) in [6.07, 6.45) is 0.123. The Morgan fingerprint density at radius 2 is 1.79 bits per heavy atom. The van der Waals surface area contributed by atoms with E-state index in [9.17, 15) is 29.7 Å². The van der Waals surface area contributed by atoms with Crippen molar-refractivity contribution in [2.75, 3.05) is 7.11 Å². The Hall–Kier alpha value is -2.07. The summed E-state index contributed by atoms with van der Waals surface area (Å²) in [6.45, 7) is 0.